The molecule has 1 aliphatic heterocycles. The van der Waals surface area contributed by atoms with Crippen LogP contribution in [0.25, 0.3) is 6.08 Å². The number of phenols is 1. The number of halogens is 2. The van der Waals surface area contributed by atoms with E-state index in [1.165, 1.54) is 11.8 Å². The number of ether oxygens (including phenoxy) is 1. The van der Waals surface area contributed by atoms with Gasteiger partial charge in [-0.05, 0) is 91.7 Å². The van der Waals surface area contributed by atoms with Crippen LogP contribution >= 0.6 is 35.0 Å². The van der Waals surface area contributed by atoms with Crippen molar-refractivity contribution in [3.8, 4) is 11.5 Å². The Morgan fingerprint density at radius 2 is 1.74 bits per heavy atom. The molecule has 1 saturated heterocycles. The van der Waals surface area contributed by atoms with Crippen molar-refractivity contribution in [1.29, 1.82) is 0 Å². The third-order valence-electron chi connectivity index (χ3n) is 5.18. The molecule has 1 heterocycles. The largest absolute Gasteiger partial charge is 0.504 e. The van der Waals surface area contributed by atoms with Gasteiger partial charge in [0.1, 0.15) is 0 Å². The number of rotatable bonds is 5. The van der Waals surface area contributed by atoms with E-state index in [9.17, 15) is 9.90 Å². The van der Waals surface area contributed by atoms with Crippen molar-refractivity contribution in [3.63, 3.8) is 0 Å². The number of anilines is 1. The first-order valence-electron chi connectivity index (χ1n) is 10.6. The molecular formula is C26H22Cl2N2O3S. The Hall–Kier alpha value is -2.93. The molecule has 174 valence electrons. The smallest absolute Gasteiger partial charge is 0.271 e. The maximum Gasteiger partial charge on any atom is 0.271 e. The maximum absolute atomic E-state index is 13.5. The van der Waals surface area contributed by atoms with Gasteiger partial charge in [0.05, 0.1) is 22.9 Å². The topological polar surface area (TPSA) is 62.1 Å². The highest BCUT2D eigenvalue weighted by atomic mass is 35.5. The van der Waals surface area contributed by atoms with Gasteiger partial charge < -0.3 is 9.84 Å². The van der Waals surface area contributed by atoms with E-state index in [1.54, 1.807) is 41.3 Å². The first kappa shape index (κ1) is 24.2. The number of benzene rings is 3. The van der Waals surface area contributed by atoms with E-state index in [4.69, 9.17) is 32.9 Å². The lowest BCUT2D eigenvalue weighted by Crippen LogP contribution is -2.28. The van der Waals surface area contributed by atoms with Crippen molar-refractivity contribution in [3.05, 3.63) is 86.2 Å². The summed E-state index contributed by atoms with van der Waals surface area (Å²) in [6.07, 6.45) is 1.75. The van der Waals surface area contributed by atoms with Gasteiger partial charge in [0, 0.05) is 10.0 Å². The van der Waals surface area contributed by atoms with E-state index < -0.39 is 0 Å². The van der Waals surface area contributed by atoms with E-state index in [2.05, 4.69) is 0 Å². The Morgan fingerprint density at radius 3 is 2.41 bits per heavy atom. The number of hydrogen-bond acceptors (Lipinski definition) is 5. The van der Waals surface area contributed by atoms with Crippen LogP contribution in [-0.4, -0.2) is 22.8 Å². The summed E-state index contributed by atoms with van der Waals surface area (Å²) in [6, 6.07) is 15.9. The van der Waals surface area contributed by atoms with Gasteiger partial charge in [-0.2, -0.15) is 0 Å². The fourth-order valence-electron chi connectivity index (χ4n) is 3.30. The van der Waals surface area contributed by atoms with Crippen LogP contribution in [0.1, 0.15) is 23.6 Å². The summed E-state index contributed by atoms with van der Waals surface area (Å²) in [5, 5.41) is 11.6. The second-order valence-electron chi connectivity index (χ2n) is 7.67. The minimum absolute atomic E-state index is 0.0452. The van der Waals surface area contributed by atoms with Gasteiger partial charge in [-0.25, -0.2) is 4.99 Å². The van der Waals surface area contributed by atoms with Gasteiger partial charge in [-0.3, -0.25) is 9.69 Å². The van der Waals surface area contributed by atoms with Crippen LogP contribution in [-0.2, 0) is 4.79 Å². The zero-order valence-corrected chi connectivity index (χ0v) is 21.1. The summed E-state index contributed by atoms with van der Waals surface area (Å²) in [7, 11) is 0. The second-order valence-corrected chi connectivity index (χ2v) is 9.50. The van der Waals surface area contributed by atoms with E-state index in [0.717, 1.165) is 16.7 Å². The van der Waals surface area contributed by atoms with Crippen molar-refractivity contribution in [2.24, 2.45) is 4.99 Å². The van der Waals surface area contributed by atoms with Gasteiger partial charge in [-0.15, -0.1) is 0 Å². The lowest BCUT2D eigenvalue weighted by atomic mass is 10.1. The molecule has 1 amide bonds. The molecular weight excluding hydrogens is 491 g/mol. The predicted molar refractivity (Wildman–Crippen MR) is 142 cm³/mol. The van der Waals surface area contributed by atoms with Gasteiger partial charge in [0.15, 0.2) is 16.7 Å². The quantitative estimate of drug-likeness (QED) is 0.359. The Bertz CT molecular complexity index is 1340. The highest BCUT2D eigenvalue weighted by molar-refractivity contribution is 8.19. The fourth-order valence-corrected chi connectivity index (χ4v) is 4.65. The van der Waals surface area contributed by atoms with Crippen LogP contribution in [0.3, 0.4) is 0 Å². The van der Waals surface area contributed by atoms with Gasteiger partial charge in [0.25, 0.3) is 5.91 Å². The van der Waals surface area contributed by atoms with Crippen molar-refractivity contribution < 1.29 is 14.6 Å². The monoisotopic (exact) mass is 512 g/mol. The molecule has 0 aromatic heterocycles. The molecule has 0 radical (unpaired) electrons. The molecule has 4 rings (SSSR count). The molecule has 0 bridgehead atoms. The lowest BCUT2D eigenvalue weighted by Gasteiger charge is -2.16. The highest BCUT2D eigenvalue weighted by Crippen LogP contribution is 2.39. The zero-order valence-electron chi connectivity index (χ0n) is 18.8. The number of amidine groups is 1. The highest BCUT2D eigenvalue weighted by Gasteiger charge is 2.35. The molecule has 1 aliphatic rings. The number of nitrogens with zero attached hydrogens (tertiary/aromatic N) is 2. The zero-order chi connectivity index (χ0) is 24.4. The SMILES string of the molecule is CCOc1cc(C=C2SC(=Nc3ccc(C)c(Cl)c3)N(c3ccc(C)c(Cl)c3)C2=O)ccc1O. The lowest BCUT2D eigenvalue weighted by molar-refractivity contribution is -0.113. The maximum atomic E-state index is 13.5. The standard InChI is InChI=1S/C26H22Cl2N2O3S/c1-4-33-23-11-17(7-10-22(23)31)12-24-25(32)30(19-9-6-16(3)21(28)14-19)26(34-24)29-18-8-5-15(2)20(27)13-18/h5-14,31H,4H2,1-3H3. The van der Waals surface area contributed by atoms with Crippen LogP contribution in [0, 0.1) is 13.8 Å². The first-order valence-corrected chi connectivity index (χ1v) is 12.1. The van der Waals surface area contributed by atoms with Crippen LogP contribution < -0.4 is 9.64 Å². The Morgan fingerprint density at radius 1 is 1.03 bits per heavy atom. The molecule has 3 aromatic carbocycles. The summed E-state index contributed by atoms with van der Waals surface area (Å²) in [5.74, 6) is 0.175. The number of amides is 1. The molecule has 8 heteroatoms. The molecule has 0 spiro atoms. The van der Waals surface area contributed by atoms with Gasteiger partial charge in [0.2, 0.25) is 0 Å². The normalized spacial score (nSPS) is 16.0. The third kappa shape index (κ3) is 5.09. The van der Waals surface area contributed by atoms with Crippen molar-refractivity contribution >= 4 is 63.5 Å². The molecule has 0 aliphatic carbocycles. The molecule has 1 fully saturated rings. The molecule has 34 heavy (non-hydrogen) atoms. The minimum atomic E-state index is -0.229. The average molecular weight is 513 g/mol. The number of thioether (sulfide) groups is 1. The number of carbonyl (C=O) groups is 1. The van der Waals surface area contributed by atoms with E-state index in [-0.39, 0.29) is 11.7 Å². The van der Waals surface area contributed by atoms with Crippen LogP contribution in [0.4, 0.5) is 11.4 Å². The summed E-state index contributed by atoms with van der Waals surface area (Å²) in [4.78, 5) is 20.3. The number of aromatic hydroxyl groups is 1. The molecule has 0 atom stereocenters. The minimum Gasteiger partial charge on any atom is -0.504 e. The van der Waals surface area contributed by atoms with Crippen molar-refractivity contribution in [2.75, 3.05) is 11.5 Å². The first-order chi connectivity index (χ1) is 16.3. The van der Waals surface area contributed by atoms with Crippen molar-refractivity contribution in [2.45, 2.75) is 20.8 Å². The number of hydrogen-bond donors (Lipinski definition) is 1. The summed E-state index contributed by atoms with van der Waals surface area (Å²) in [6.45, 7) is 6.08. The Labute approximate surface area is 212 Å². The van der Waals surface area contributed by atoms with E-state index in [0.29, 0.717) is 43.8 Å². The average Bonchev–Trinajstić information content (AvgIpc) is 3.09. The Balaban J connectivity index is 1.79. The van der Waals surface area contributed by atoms with Crippen molar-refractivity contribution in [1.82, 2.24) is 0 Å². The van der Waals surface area contributed by atoms with Crippen LogP contribution in [0.15, 0.2) is 64.5 Å². The molecule has 0 unspecified atom stereocenters. The van der Waals surface area contributed by atoms with Gasteiger partial charge in [-0.1, -0.05) is 41.4 Å². The number of carbonyl (C=O) groups excluding carboxylic acids is 1. The van der Waals surface area contributed by atoms with E-state index in [1.807, 2.05) is 45.0 Å². The number of aliphatic imine (C=N–C) groups is 1. The summed E-state index contributed by atoms with van der Waals surface area (Å²) < 4.78 is 5.47. The van der Waals surface area contributed by atoms with Crippen LogP contribution in [0.2, 0.25) is 10.0 Å². The van der Waals surface area contributed by atoms with Crippen LogP contribution in [0.5, 0.6) is 11.5 Å². The molecule has 3 aromatic rings. The summed E-state index contributed by atoms with van der Waals surface area (Å²) >= 11 is 13.9. The molecule has 5 nitrogen and oxygen atoms in total. The third-order valence-corrected chi connectivity index (χ3v) is 6.96. The number of aryl methyl sites for hydroxylation is 2. The van der Waals surface area contributed by atoms with Gasteiger partial charge >= 0.3 is 0 Å². The second kappa shape index (κ2) is 10.1. The van der Waals surface area contributed by atoms with E-state index >= 15 is 0 Å². The summed E-state index contributed by atoms with van der Waals surface area (Å²) in [5.41, 5.74) is 3.84. The molecule has 0 saturated carbocycles. The number of phenolic OH excluding ortho intramolecular Hbond substituents is 1. The Kier molecular flexibility index (Phi) is 7.22. The fraction of sp³-hybridized carbons (Fsp3) is 0.154. The predicted octanol–water partition coefficient (Wildman–Crippen LogP) is 7.52. The molecule has 1 N–H and O–H groups in total.